The molecule has 0 aromatic rings. The Balaban J connectivity index is 2.51. The molecule has 1 aliphatic rings. The third-order valence-electron chi connectivity index (χ3n) is 1.95. The van der Waals surface area contributed by atoms with E-state index in [1.807, 2.05) is 19.1 Å². The summed E-state index contributed by atoms with van der Waals surface area (Å²) in [6, 6.07) is 0. The fourth-order valence-corrected chi connectivity index (χ4v) is 1.46. The van der Waals surface area contributed by atoms with E-state index >= 15 is 0 Å². The second-order valence-corrected chi connectivity index (χ2v) is 2.81. The summed E-state index contributed by atoms with van der Waals surface area (Å²) in [4.78, 5) is 0. The number of rotatable bonds is 1. The molecule has 0 heterocycles. The maximum Gasteiger partial charge on any atom is 0.0827 e. The SMILES string of the molecule is CC=CC1(O)CCCC1. The fraction of sp³-hybridized carbons (Fsp3) is 0.750. The Morgan fingerprint density at radius 3 is 2.33 bits per heavy atom. The first-order valence-corrected chi connectivity index (χ1v) is 3.63. The van der Waals surface area contributed by atoms with Crippen LogP contribution in [0.1, 0.15) is 32.6 Å². The molecule has 0 aromatic carbocycles. The quantitative estimate of drug-likeness (QED) is 0.532. The molecule has 0 bridgehead atoms. The Labute approximate surface area is 56.4 Å². The van der Waals surface area contributed by atoms with E-state index in [9.17, 15) is 5.11 Å². The van der Waals surface area contributed by atoms with E-state index in [2.05, 4.69) is 0 Å². The summed E-state index contributed by atoms with van der Waals surface area (Å²) in [6.07, 6.45) is 8.13. The molecular formula is C8H14O. The highest BCUT2D eigenvalue weighted by molar-refractivity contribution is 5.02. The van der Waals surface area contributed by atoms with Gasteiger partial charge in [0, 0.05) is 0 Å². The zero-order chi connectivity index (χ0) is 6.74. The zero-order valence-corrected chi connectivity index (χ0v) is 5.93. The lowest BCUT2D eigenvalue weighted by Gasteiger charge is -2.15. The molecule has 52 valence electrons. The van der Waals surface area contributed by atoms with Gasteiger partial charge in [-0.3, -0.25) is 0 Å². The van der Waals surface area contributed by atoms with E-state index in [4.69, 9.17) is 0 Å². The average molecular weight is 126 g/mol. The van der Waals surface area contributed by atoms with Crippen molar-refractivity contribution in [2.24, 2.45) is 0 Å². The summed E-state index contributed by atoms with van der Waals surface area (Å²) < 4.78 is 0. The van der Waals surface area contributed by atoms with Crippen LogP contribution in [0.15, 0.2) is 12.2 Å². The smallest absolute Gasteiger partial charge is 0.0827 e. The van der Waals surface area contributed by atoms with Gasteiger partial charge in [-0.15, -0.1) is 0 Å². The summed E-state index contributed by atoms with van der Waals surface area (Å²) in [5.41, 5.74) is -0.436. The molecule has 0 saturated heterocycles. The van der Waals surface area contributed by atoms with Gasteiger partial charge in [0.25, 0.3) is 0 Å². The molecule has 1 rings (SSSR count). The Morgan fingerprint density at radius 2 is 1.89 bits per heavy atom. The highest BCUT2D eigenvalue weighted by Crippen LogP contribution is 2.30. The van der Waals surface area contributed by atoms with E-state index in [-0.39, 0.29) is 0 Å². The van der Waals surface area contributed by atoms with Crippen LogP contribution in [-0.2, 0) is 0 Å². The molecular weight excluding hydrogens is 112 g/mol. The van der Waals surface area contributed by atoms with Crippen molar-refractivity contribution in [2.45, 2.75) is 38.2 Å². The second-order valence-electron chi connectivity index (χ2n) is 2.81. The van der Waals surface area contributed by atoms with Gasteiger partial charge in [0.05, 0.1) is 5.60 Å². The van der Waals surface area contributed by atoms with Crippen molar-refractivity contribution in [1.29, 1.82) is 0 Å². The zero-order valence-electron chi connectivity index (χ0n) is 5.93. The molecule has 0 spiro atoms. The lowest BCUT2D eigenvalue weighted by atomic mass is 10.0. The van der Waals surface area contributed by atoms with Crippen LogP contribution in [-0.4, -0.2) is 10.7 Å². The summed E-state index contributed by atoms with van der Waals surface area (Å²) in [7, 11) is 0. The molecule has 0 atom stereocenters. The minimum Gasteiger partial charge on any atom is -0.386 e. The van der Waals surface area contributed by atoms with Gasteiger partial charge in [0.1, 0.15) is 0 Å². The van der Waals surface area contributed by atoms with Crippen molar-refractivity contribution in [3.63, 3.8) is 0 Å². The van der Waals surface area contributed by atoms with Gasteiger partial charge in [-0.05, 0) is 19.8 Å². The number of aliphatic hydroxyl groups is 1. The summed E-state index contributed by atoms with van der Waals surface area (Å²) >= 11 is 0. The third kappa shape index (κ3) is 1.55. The maximum absolute atomic E-state index is 9.60. The Kier molecular flexibility index (Phi) is 1.91. The molecule has 0 unspecified atom stereocenters. The average Bonchev–Trinajstić information content (AvgIpc) is 2.16. The first kappa shape index (κ1) is 6.81. The van der Waals surface area contributed by atoms with Crippen molar-refractivity contribution in [3.8, 4) is 0 Å². The number of hydrogen-bond acceptors (Lipinski definition) is 1. The summed E-state index contributed by atoms with van der Waals surface area (Å²) in [5, 5.41) is 9.60. The number of hydrogen-bond donors (Lipinski definition) is 1. The van der Waals surface area contributed by atoms with E-state index < -0.39 is 5.60 Å². The van der Waals surface area contributed by atoms with Crippen molar-refractivity contribution in [3.05, 3.63) is 12.2 Å². The molecule has 0 aromatic heterocycles. The van der Waals surface area contributed by atoms with Gasteiger partial charge < -0.3 is 5.11 Å². The molecule has 9 heavy (non-hydrogen) atoms. The monoisotopic (exact) mass is 126 g/mol. The van der Waals surface area contributed by atoms with Crippen molar-refractivity contribution in [2.75, 3.05) is 0 Å². The molecule has 0 radical (unpaired) electrons. The maximum atomic E-state index is 9.60. The van der Waals surface area contributed by atoms with E-state index in [1.165, 1.54) is 12.8 Å². The minimum atomic E-state index is -0.436. The lowest BCUT2D eigenvalue weighted by Crippen LogP contribution is -2.19. The van der Waals surface area contributed by atoms with Crippen molar-refractivity contribution < 1.29 is 5.11 Å². The van der Waals surface area contributed by atoms with Gasteiger partial charge in [0.2, 0.25) is 0 Å². The van der Waals surface area contributed by atoms with Gasteiger partial charge in [-0.1, -0.05) is 25.0 Å². The van der Waals surface area contributed by atoms with Gasteiger partial charge in [0.15, 0.2) is 0 Å². The van der Waals surface area contributed by atoms with E-state index in [1.54, 1.807) is 0 Å². The largest absolute Gasteiger partial charge is 0.386 e. The van der Waals surface area contributed by atoms with Gasteiger partial charge >= 0.3 is 0 Å². The van der Waals surface area contributed by atoms with Crippen LogP contribution in [0.4, 0.5) is 0 Å². The molecule has 1 heteroatoms. The predicted octanol–water partition coefficient (Wildman–Crippen LogP) is 1.87. The Hall–Kier alpha value is -0.300. The minimum absolute atomic E-state index is 0.436. The molecule has 0 amide bonds. The van der Waals surface area contributed by atoms with E-state index in [0.29, 0.717) is 0 Å². The van der Waals surface area contributed by atoms with Crippen molar-refractivity contribution >= 4 is 0 Å². The van der Waals surface area contributed by atoms with Crippen LogP contribution >= 0.6 is 0 Å². The standard InChI is InChI=1S/C8H14O/c1-2-5-8(9)6-3-4-7-8/h2,5,9H,3-4,6-7H2,1H3. The first-order valence-electron chi connectivity index (χ1n) is 3.63. The Bertz CT molecular complexity index is 110. The Morgan fingerprint density at radius 1 is 1.33 bits per heavy atom. The first-order chi connectivity index (χ1) is 4.27. The van der Waals surface area contributed by atoms with Crippen LogP contribution in [0.5, 0.6) is 0 Å². The highest BCUT2D eigenvalue weighted by atomic mass is 16.3. The predicted molar refractivity (Wildman–Crippen MR) is 38.2 cm³/mol. The molecule has 1 nitrogen and oxygen atoms in total. The lowest BCUT2D eigenvalue weighted by molar-refractivity contribution is 0.0991. The normalized spacial score (nSPS) is 25.6. The highest BCUT2D eigenvalue weighted by Gasteiger charge is 2.27. The summed E-state index contributed by atoms with van der Waals surface area (Å²) in [6.45, 7) is 1.95. The van der Waals surface area contributed by atoms with Gasteiger partial charge in [-0.25, -0.2) is 0 Å². The van der Waals surface area contributed by atoms with Crippen LogP contribution in [0.25, 0.3) is 0 Å². The topological polar surface area (TPSA) is 20.2 Å². The molecule has 1 aliphatic carbocycles. The fourth-order valence-electron chi connectivity index (χ4n) is 1.46. The summed E-state index contributed by atoms with van der Waals surface area (Å²) in [5.74, 6) is 0. The third-order valence-corrected chi connectivity index (χ3v) is 1.95. The van der Waals surface area contributed by atoms with Crippen LogP contribution in [0.2, 0.25) is 0 Å². The number of allylic oxidation sites excluding steroid dienone is 1. The van der Waals surface area contributed by atoms with Crippen molar-refractivity contribution in [1.82, 2.24) is 0 Å². The molecule has 1 N–H and O–H groups in total. The molecule has 1 saturated carbocycles. The van der Waals surface area contributed by atoms with Gasteiger partial charge in [-0.2, -0.15) is 0 Å². The van der Waals surface area contributed by atoms with Crippen LogP contribution < -0.4 is 0 Å². The molecule has 1 fully saturated rings. The molecule has 0 aliphatic heterocycles. The second kappa shape index (κ2) is 2.53. The van der Waals surface area contributed by atoms with E-state index in [0.717, 1.165) is 12.8 Å². The van der Waals surface area contributed by atoms with Crippen LogP contribution in [0.3, 0.4) is 0 Å². The van der Waals surface area contributed by atoms with Crippen LogP contribution in [0, 0.1) is 0 Å².